The zero-order valence-corrected chi connectivity index (χ0v) is 26.6. The minimum Gasteiger partial charge on any atom is -0.494 e. The molecule has 3 fully saturated rings. The normalized spacial score (nSPS) is 27.1. The third kappa shape index (κ3) is 8.83. The van der Waals surface area contributed by atoms with Crippen LogP contribution in [0.5, 0.6) is 5.75 Å². The fourth-order valence-corrected chi connectivity index (χ4v) is 7.11. The maximum Gasteiger partial charge on any atom is 0.287 e. The van der Waals surface area contributed by atoms with Crippen LogP contribution in [-0.2, 0) is 35.1 Å². The van der Waals surface area contributed by atoms with Gasteiger partial charge in [0.25, 0.3) is 5.91 Å². The van der Waals surface area contributed by atoms with Gasteiger partial charge in [-0.15, -0.1) is 0 Å². The Bertz CT molecular complexity index is 1270. The van der Waals surface area contributed by atoms with Crippen molar-refractivity contribution in [3.63, 3.8) is 0 Å². The Morgan fingerprint density at radius 1 is 1.09 bits per heavy atom. The maximum atomic E-state index is 14.5. The zero-order valence-electron chi connectivity index (χ0n) is 26.6. The second kappa shape index (κ2) is 14.3. The molecule has 2 unspecified atom stereocenters. The molecule has 2 heterocycles. The number of hydrogen-bond donors (Lipinski definition) is 3. The molecule has 4 amide bonds. The van der Waals surface area contributed by atoms with Crippen LogP contribution in [0.3, 0.4) is 0 Å². The van der Waals surface area contributed by atoms with Crippen molar-refractivity contribution in [2.45, 2.75) is 121 Å². The van der Waals surface area contributed by atoms with Gasteiger partial charge >= 0.3 is 0 Å². The minimum absolute atomic E-state index is 0.0638. The number of carbonyl (C=O) groups is 5. The summed E-state index contributed by atoms with van der Waals surface area (Å²) >= 11 is 0. The number of nitrogens with one attached hydrogen (secondary N) is 2. The van der Waals surface area contributed by atoms with E-state index in [0.717, 1.165) is 56.9 Å². The highest BCUT2D eigenvalue weighted by Gasteiger charge is 2.46. The minimum atomic E-state index is -1.09. The highest BCUT2D eigenvalue weighted by Crippen LogP contribution is 2.35. The smallest absolute Gasteiger partial charge is 0.287 e. The fourth-order valence-electron chi connectivity index (χ4n) is 7.11. The van der Waals surface area contributed by atoms with Crippen LogP contribution in [-0.4, -0.2) is 77.3 Å². The van der Waals surface area contributed by atoms with E-state index in [-0.39, 0.29) is 43.0 Å². The van der Waals surface area contributed by atoms with Crippen molar-refractivity contribution in [1.82, 2.24) is 15.5 Å². The van der Waals surface area contributed by atoms with Gasteiger partial charge in [0.1, 0.15) is 17.8 Å². The van der Waals surface area contributed by atoms with E-state index in [1.54, 1.807) is 0 Å². The van der Waals surface area contributed by atoms with E-state index >= 15 is 0 Å². The highest BCUT2D eigenvalue weighted by molar-refractivity contribution is 6.37. The molecule has 5 rings (SSSR count). The summed E-state index contributed by atoms with van der Waals surface area (Å²) in [7, 11) is 0. The third-order valence-corrected chi connectivity index (χ3v) is 9.63. The largest absolute Gasteiger partial charge is 0.494 e. The monoisotopic (exact) mass is 624 g/mol. The number of fused-ring (bicyclic) bond motifs is 4. The van der Waals surface area contributed by atoms with Gasteiger partial charge in [-0.25, -0.2) is 0 Å². The van der Waals surface area contributed by atoms with Crippen LogP contribution in [0.1, 0.15) is 90.0 Å². The van der Waals surface area contributed by atoms with Crippen molar-refractivity contribution in [2.24, 2.45) is 17.6 Å². The number of benzene rings is 1. The lowest BCUT2D eigenvalue weighted by Gasteiger charge is -2.35. The molecule has 246 valence electrons. The number of hydrogen-bond acceptors (Lipinski definition) is 7. The van der Waals surface area contributed by atoms with E-state index in [1.165, 1.54) is 4.90 Å². The molecule has 11 heteroatoms. The Kier molecular flexibility index (Phi) is 10.5. The van der Waals surface area contributed by atoms with Gasteiger partial charge in [-0.3, -0.25) is 24.0 Å². The highest BCUT2D eigenvalue weighted by atomic mass is 16.5. The van der Waals surface area contributed by atoms with Crippen LogP contribution in [0, 0.1) is 11.8 Å². The first-order valence-electron chi connectivity index (χ1n) is 16.6. The van der Waals surface area contributed by atoms with Crippen molar-refractivity contribution in [3.8, 4) is 5.75 Å². The van der Waals surface area contributed by atoms with E-state index in [2.05, 4.69) is 10.6 Å². The molecule has 4 atom stereocenters. The van der Waals surface area contributed by atoms with Gasteiger partial charge in [0.2, 0.25) is 23.5 Å². The number of primary amides is 1. The molecule has 0 spiro atoms. The molecule has 2 saturated carbocycles. The first-order chi connectivity index (χ1) is 21.5. The van der Waals surface area contributed by atoms with Crippen LogP contribution in [0.2, 0.25) is 0 Å². The number of ether oxygens (including phenoxy) is 2. The fraction of sp³-hybridized carbons (Fsp3) is 0.676. The summed E-state index contributed by atoms with van der Waals surface area (Å²) in [6.45, 7) is 4.63. The Hall–Kier alpha value is -3.47. The van der Waals surface area contributed by atoms with Crippen molar-refractivity contribution < 1.29 is 33.4 Å². The average molecular weight is 625 g/mol. The molecule has 1 saturated heterocycles. The lowest BCUT2D eigenvalue weighted by Crippen LogP contribution is -2.58. The Morgan fingerprint density at radius 2 is 1.84 bits per heavy atom. The van der Waals surface area contributed by atoms with E-state index < -0.39 is 47.4 Å². The molecule has 11 nitrogen and oxygen atoms in total. The van der Waals surface area contributed by atoms with Gasteiger partial charge in [-0.05, 0) is 75.5 Å². The standard InChI is InChI=1S/C34H48N4O7/c1-34(2)14-7-15-44-24-11-6-8-22(16-24)18-28(39)37-29(23-9-4-3-5-10-23)33(43)38-20-25(45-34)19-27(38)32(42)36-26(17-21-12-13-21)30(40)31(35)41/h6,8,11,16,21,23,25-27,29H,3-5,7,9-10,12-15,17-20H2,1-2H3,(H2,35,41)(H,36,42)(H,37,39)/t25-,26?,27+,29?/m1/s1. The molecule has 4 bridgehead atoms. The van der Waals surface area contributed by atoms with Crippen molar-refractivity contribution >= 4 is 29.4 Å². The first kappa shape index (κ1) is 32.9. The summed E-state index contributed by atoms with van der Waals surface area (Å²) in [5.74, 6) is -2.15. The van der Waals surface area contributed by atoms with E-state index in [9.17, 15) is 24.0 Å². The van der Waals surface area contributed by atoms with Crippen molar-refractivity contribution in [1.29, 1.82) is 0 Å². The number of nitrogens with zero attached hydrogens (tertiary/aromatic N) is 1. The van der Waals surface area contributed by atoms with Gasteiger partial charge in [0.15, 0.2) is 0 Å². The second-order valence-corrected chi connectivity index (χ2v) is 13.9. The van der Waals surface area contributed by atoms with Crippen LogP contribution >= 0.6 is 0 Å². The Balaban J connectivity index is 1.44. The first-order valence-corrected chi connectivity index (χ1v) is 16.6. The number of rotatable bonds is 7. The lowest BCUT2D eigenvalue weighted by molar-refractivity contribution is -0.144. The molecule has 2 aliphatic carbocycles. The molecule has 4 N–H and O–H groups in total. The number of nitrogens with two attached hydrogens (primary N) is 1. The van der Waals surface area contributed by atoms with Crippen molar-refractivity contribution in [3.05, 3.63) is 29.8 Å². The number of Topliss-reactive ketones (excluding diaryl/α,β-unsaturated/α-hetero) is 1. The Labute approximate surface area is 265 Å². The molecule has 0 aromatic heterocycles. The van der Waals surface area contributed by atoms with Crippen LogP contribution in [0.25, 0.3) is 0 Å². The average Bonchev–Trinajstić information content (AvgIpc) is 3.73. The molecular formula is C34H48N4O7. The summed E-state index contributed by atoms with van der Waals surface area (Å²) in [4.78, 5) is 67.8. The predicted molar refractivity (Wildman–Crippen MR) is 166 cm³/mol. The van der Waals surface area contributed by atoms with Gasteiger partial charge in [-0.2, -0.15) is 0 Å². The molecule has 0 radical (unpaired) electrons. The molecule has 45 heavy (non-hydrogen) atoms. The molecule has 2 aliphatic heterocycles. The topological polar surface area (TPSA) is 157 Å². The Morgan fingerprint density at radius 3 is 2.56 bits per heavy atom. The quantitative estimate of drug-likeness (QED) is 0.394. The van der Waals surface area contributed by atoms with Crippen LogP contribution in [0.15, 0.2) is 24.3 Å². The summed E-state index contributed by atoms with van der Waals surface area (Å²) in [5, 5.41) is 5.82. The number of carbonyl (C=O) groups excluding carboxylic acids is 5. The molecule has 4 aliphatic rings. The molecular weight excluding hydrogens is 576 g/mol. The van der Waals surface area contributed by atoms with Crippen LogP contribution < -0.4 is 21.1 Å². The summed E-state index contributed by atoms with van der Waals surface area (Å²) in [6, 6.07) is 4.68. The summed E-state index contributed by atoms with van der Waals surface area (Å²) in [6.07, 6.45) is 8.09. The SMILES string of the molecule is CC1(C)CCCOc2cccc(c2)CC(=O)NC(C2CCCCC2)C(=O)N2C[C@@H](C[C@H]2C(=O)NC(CC2CC2)C(=O)C(N)=O)O1. The van der Waals surface area contributed by atoms with Gasteiger partial charge in [0.05, 0.1) is 30.8 Å². The zero-order chi connectivity index (χ0) is 32.1. The lowest BCUT2D eigenvalue weighted by atomic mass is 9.83. The van der Waals surface area contributed by atoms with Gasteiger partial charge in [-0.1, -0.05) is 44.2 Å². The second-order valence-electron chi connectivity index (χ2n) is 13.9. The van der Waals surface area contributed by atoms with Crippen LogP contribution in [0.4, 0.5) is 0 Å². The molecule has 1 aromatic carbocycles. The van der Waals surface area contributed by atoms with E-state index in [4.69, 9.17) is 15.2 Å². The third-order valence-electron chi connectivity index (χ3n) is 9.63. The van der Waals surface area contributed by atoms with Gasteiger partial charge in [0, 0.05) is 13.0 Å². The number of amides is 4. The van der Waals surface area contributed by atoms with Gasteiger partial charge < -0.3 is 30.7 Å². The maximum absolute atomic E-state index is 14.5. The summed E-state index contributed by atoms with van der Waals surface area (Å²) in [5.41, 5.74) is 5.55. The van der Waals surface area contributed by atoms with E-state index in [0.29, 0.717) is 25.2 Å². The predicted octanol–water partition coefficient (Wildman–Crippen LogP) is 2.57. The summed E-state index contributed by atoms with van der Waals surface area (Å²) < 4.78 is 12.5. The number of ketones is 1. The van der Waals surface area contributed by atoms with Crippen molar-refractivity contribution in [2.75, 3.05) is 13.2 Å². The van der Waals surface area contributed by atoms with E-state index in [1.807, 2.05) is 38.1 Å². The molecule has 1 aromatic rings.